The lowest BCUT2D eigenvalue weighted by atomic mass is 10.1. The molecule has 0 spiro atoms. The summed E-state index contributed by atoms with van der Waals surface area (Å²) >= 11 is 1.39. The minimum atomic E-state index is -0.0587. The van der Waals surface area contributed by atoms with Crippen LogP contribution in [0.1, 0.15) is 41.1 Å². The lowest BCUT2D eigenvalue weighted by Gasteiger charge is -2.13. The molecule has 0 saturated heterocycles. The number of aromatic nitrogens is 2. The van der Waals surface area contributed by atoms with Crippen LogP contribution >= 0.6 is 11.3 Å². The predicted molar refractivity (Wildman–Crippen MR) is 121 cm³/mol. The average molecular weight is 429 g/mol. The van der Waals surface area contributed by atoms with E-state index in [0.717, 1.165) is 27.8 Å². The molecule has 2 N–H and O–H groups in total. The van der Waals surface area contributed by atoms with Crippen molar-refractivity contribution in [1.29, 1.82) is 0 Å². The normalized spacial score (nSPS) is 11.0. The fourth-order valence-electron chi connectivity index (χ4n) is 3.25. The summed E-state index contributed by atoms with van der Waals surface area (Å²) in [5.41, 5.74) is 1.83. The molecule has 1 aromatic carbocycles. The van der Waals surface area contributed by atoms with Crippen molar-refractivity contribution in [2.45, 2.75) is 33.7 Å². The molecule has 0 aliphatic heterocycles. The van der Waals surface area contributed by atoms with Gasteiger partial charge in [0.1, 0.15) is 17.0 Å². The van der Waals surface area contributed by atoms with Gasteiger partial charge in [-0.15, -0.1) is 11.3 Å². The number of benzene rings is 1. The molecular formula is C22H28N4O3S. The minimum absolute atomic E-state index is 0.0587. The van der Waals surface area contributed by atoms with E-state index in [1.165, 1.54) is 17.7 Å². The fourth-order valence-corrected chi connectivity index (χ4v) is 4.31. The van der Waals surface area contributed by atoms with Gasteiger partial charge in [0.25, 0.3) is 5.91 Å². The van der Waals surface area contributed by atoms with E-state index in [-0.39, 0.29) is 5.91 Å². The second-order valence-corrected chi connectivity index (χ2v) is 8.40. The topological polar surface area (TPSA) is 85.4 Å². The van der Waals surface area contributed by atoms with Crippen LogP contribution in [0.2, 0.25) is 0 Å². The lowest BCUT2D eigenvalue weighted by Crippen LogP contribution is -2.25. The van der Waals surface area contributed by atoms with E-state index in [0.29, 0.717) is 41.2 Å². The first-order valence-corrected chi connectivity index (χ1v) is 10.7. The summed E-state index contributed by atoms with van der Waals surface area (Å²) in [5, 5.41) is 7.25. The van der Waals surface area contributed by atoms with Gasteiger partial charge in [-0.2, -0.15) is 0 Å². The Morgan fingerprint density at radius 1 is 1.20 bits per heavy atom. The number of ether oxygens (including phenoxy) is 2. The number of aryl methyl sites for hydroxylation is 1. The zero-order valence-corrected chi connectivity index (χ0v) is 18.9. The largest absolute Gasteiger partial charge is 0.493 e. The van der Waals surface area contributed by atoms with E-state index in [1.807, 2.05) is 25.1 Å². The summed E-state index contributed by atoms with van der Waals surface area (Å²) in [6, 6.07) is 5.75. The number of rotatable bonds is 9. The van der Waals surface area contributed by atoms with E-state index in [1.54, 1.807) is 14.2 Å². The van der Waals surface area contributed by atoms with E-state index >= 15 is 0 Å². The number of anilines is 1. The fraction of sp³-hybridized carbons (Fsp3) is 0.409. The van der Waals surface area contributed by atoms with Crippen LogP contribution in [-0.2, 0) is 6.54 Å². The van der Waals surface area contributed by atoms with Crippen LogP contribution in [0.5, 0.6) is 11.5 Å². The number of nitrogens with one attached hydrogen (secondary N) is 2. The van der Waals surface area contributed by atoms with Crippen molar-refractivity contribution in [1.82, 2.24) is 15.3 Å². The van der Waals surface area contributed by atoms with Gasteiger partial charge in [-0.3, -0.25) is 4.79 Å². The van der Waals surface area contributed by atoms with Gasteiger partial charge in [0.2, 0.25) is 0 Å². The lowest BCUT2D eigenvalue weighted by molar-refractivity contribution is 0.0955. The molecule has 1 amide bonds. The molecule has 0 aliphatic carbocycles. The van der Waals surface area contributed by atoms with Gasteiger partial charge in [0.05, 0.1) is 24.5 Å². The van der Waals surface area contributed by atoms with Gasteiger partial charge >= 0.3 is 0 Å². The molecule has 8 heteroatoms. The third kappa shape index (κ3) is 4.64. The van der Waals surface area contributed by atoms with Gasteiger partial charge in [-0.25, -0.2) is 9.97 Å². The molecule has 2 heterocycles. The van der Waals surface area contributed by atoms with Crippen molar-refractivity contribution in [3.05, 3.63) is 40.5 Å². The zero-order valence-electron chi connectivity index (χ0n) is 18.0. The van der Waals surface area contributed by atoms with Crippen molar-refractivity contribution in [2.24, 2.45) is 5.92 Å². The van der Waals surface area contributed by atoms with Crippen molar-refractivity contribution in [3.63, 3.8) is 0 Å². The van der Waals surface area contributed by atoms with Crippen LogP contribution in [0.15, 0.2) is 24.5 Å². The minimum Gasteiger partial charge on any atom is -0.493 e. The molecule has 0 atom stereocenters. The SMILES string of the molecule is COc1cccc(CNc2ncnc3sc(C(=O)NCCC(C)C)c(C)c23)c1OC. The van der Waals surface area contributed by atoms with E-state index in [9.17, 15) is 4.79 Å². The Morgan fingerprint density at radius 3 is 2.70 bits per heavy atom. The Labute approximate surface area is 180 Å². The van der Waals surface area contributed by atoms with Crippen LogP contribution in [0.25, 0.3) is 10.2 Å². The monoisotopic (exact) mass is 428 g/mol. The second-order valence-electron chi connectivity index (χ2n) is 7.40. The number of amides is 1. The van der Waals surface area contributed by atoms with Crippen LogP contribution in [0.4, 0.5) is 5.82 Å². The zero-order chi connectivity index (χ0) is 21.7. The predicted octanol–water partition coefficient (Wildman–Crippen LogP) is 4.40. The highest BCUT2D eigenvalue weighted by molar-refractivity contribution is 7.20. The van der Waals surface area contributed by atoms with Gasteiger partial charge < -0.3 is 20.1 Å². The summed E-state index contributed by atoms with van der Waals surface area (Å²) in [4.78, 5) is 22.9. The Bertz CT molecular complexity index is 1030. The number of para-hydroxylation sites is 1. The van der Waals surface area contributed by atoms with E-state index in [4.69, 9.17) is 9.47 Å². The third-order valence-corrected chi connectivity index (χ3v) is 6.07. The van der Waals surface area contributed by atoms with Crippen molar-refractivity contribution >= 4 is 33.3 Å². The molecule has 0 saturated carbocycles. The Balaban J connectivity index is 1.84. The number of fused-ring (bicyclic) bond motifs is 1. The number of hydrogen-bond donors (Lipinski definition) is 2. The van der Waals surface area contributed by atoms with Crippen molar-refractivity contribution < 1.29 is 14.3 Å². The molecule has 2 aromatic heterocycles. The molecule has 0 unspecified atom stereocenters. The Kier molecular flexibility index (Phi) is 7.10. The summed E-state index contributed by atoms with van der Waals surface area (Å²) < 4.78 is 10.9. The summed E-state index contributed by atoms with van der Waals surface area (Å²) in [5.74, 6) is 2.54. The highest BCUT2D eigenvalue weighted by Gasteiger charge is 2.19. The van der Waals surface area contributed by atoms with Crippen molar-refractivity contribution in [3.8, 4) is 11.5 Å². The first-order valence-electron chi connectivity index (χ1n) is 9.92. The number of carbonyl (C=O) groups is 1. The Hall–Kier alpha value is -2.87. The number of thiophene rings is 1. The number of hydrogen-bond acceptors (Lipinski definition) is 7. The van der Waals surface area contributed by atoms with Crippen LogP contribution in [0, 0.1) is 12.8 Å². The first-order chi connectivity index (χ1) is 14.5. The highest BCUT2D eigenvalue weighted by atomic mass is 32.1. The number of carbonyl (C=O) groups excluding carboxylic acids is 1. The van der Waals surface area contributed by atoms with Gasteiger partial charge in [0, 0.05) is 18.7 Å². The number of nitrogens with zero attached hydrogens (tertiary/aromatic N) is 2. The second kappa shape index (κ2) is 9.75. The van der Waals surface area contributed by atoms with Gasteiger partial charge in [-0.1, -0.05) is 26.0 Å². The van der Waals surface area contributed by atoms with Crippen LogP contribution in [0.3, 0.4) is 0 Å². The summed E-state index contributed by atoms with van der Waals surface area (Å²) in [7, 11) is 3.24. The number of methoxy groups -OCH3 is 2. The molecule has 160 valence electrons. The molecule has 0 bridgehead atoms. The molecule has 7 nitrogen and oxygen atoms in total. The maximum atomic E-state index is 12.7. The average Bonchev–Trinajstić information content (AvgIpc) is 3.08. The quantitative estimate of drug-likeness (QED) is 0.525. The van der Waals surface area contributed by atoms with Crippen molar-refractivity contribution in [2.75, 3.05) is 26.1 Å². The Morgan fingerprint density at radius 2 is 2.00 bits per heavy atom. The highest BCUT2D eigenvalue weighted by Crippen LogP contribution is 2.35. The maximum Gasteiger partial charge on any atom is 0.261 e. The van der Waals surface area contributed by atoms with E-state index in [2.05, 4.69) is 34.4 Å². The van der Waals surface area contributed by atoms with Gasteiger partial charge in [-0.05, 0) is 30.9 Å². The van der Waals surface area contributed by atoms with E-state index < -0.39 is 0 Å². The molecule has 0 aliphatic rings. The molecule has 3 aromatic rings. The molecule has 0 radical (unpaired) electrons. The maximum absolute atomic E-state index is 12.7. The molecular weight excluding hydrogens is 400 g/mol. The standard InChI is InChI=1S/C22H28N4O3S/c1-13(2)9-10-23-21(27)19-14(3)17-20(25-12-26-22(17)30-19)24-11-15-7-6-8-16(28-4)18(15)29-5/h6-8,12-13H,9-11H2,1-5H3,(H,23,27)(H,24,25,26). The summed E-state index contributed by atoms with van der Waals surface area (Å²) in [6.07, 6.45) is 2.47. The molecule has 3 rings (SSSR count). The van der Waals surface area contributed by atoms with Gasteiger partial charge in [0.15, 0.2) is 11.5 Å². The van der Waals surface area contributed by atoms with Crippen LogP contribution < -0.4 is 20.1 Å². The first kappa shape index (κ1) is 21.8. The van der Waals surface area contributed by atoms with Crippen LogP contribution in [-0.4, -0.2) is 36.6 Å². The summed E-state index contributed by atoms with van der Waals surface area (Å²) in [6.45, 7) is 7.38. The molecule has 30 heavy (non-hydrogen) atoms. The smallest absolute Gasteiger partial charge is 0.261 e. The third-order valence-electron chi connectivity index (χ3n) is 4.87. The molecule has 0 fully saturated rings.